The lowest BCUT2D eigenvalue weighted by atomic mass is 9.94. The second-order valence-corrected chi connectivity index (χ2v) is 7.44. The standard InChI is InChI=1S/C21H24N2O3/c1-12(2)13-6-8-14(9-7-13)18(23-20(24)15-10-11-15)16-4-3-5-17-19(16)26-21(25)22-17/h3-9,12,15,18,20,23-24H,10-11H2,1-2H3,(H,22,25)/t18-,20?/m1/s1. The lowest BCUT2D eigenvalue weighted by Gasteiger charge is -2.24. The number of hydrogen-bond acceptors (Lipinski definition) is 4. The van der Waals surface area contributed by atoms with E-state index in [0.29, 0.717) is 22.9 Å². The van der Waals surface area contributed by atoms with Gasteiger partial charge in [-0.1, -0.05) is 50.2 Å². The van der Waals surface area contributed by atoms with Crippen molar-refractivity contribution in [2.24, 2.45) is 5.92 Å². The van der Waals surface area contributed by atoms with Gasteiger partial charge in [-0.25, -0.2) is 4.79 Å². The van der Waals surface area contributed by atoms with Gasteiger partial charge in [-0.2, -0.15) is 0 Å². The van der Waals surface area contributed by atoms with Gasteiger partial charge < -0.3 is 9.52 Å². The molecule has 1 unspecified atom stereocenters. The molecule has 1 saturated carbocycles. The summed E-state index contributed by atoms with van der Waals surface area (Å²) in [6.45, 7) is 4.33. The number of fused-ring (bicyclic) bond motifs is 1. The molecule has 1 aliphatic carbocycles. The number of benzene rings is 2. The van der Waals surface area contributed by atoms with Crippen LogP contribution in [0, 0.1) is 5.92 Å². The van der Waals surface area contributed by atoms with E-state index in [1.54, 1.807) is 0 Å². The highest BCUT2D eigenvalue weighted by atomic mass is 16.4. The predicted molar refractivity (Wildman–Crippen MR) is 101 cm³/mol. The van der Waals surface area contributed by atoms with E-state index in [0.717, 1.165) is 24.0 Å². The Morgan fingerprint density at radius 2 is 1.81 bits per heavy atom. The molecule has 2 aromatic carbocycles. The van der Waals surface area contributed by atoms with Crippen LogP contribution in [-0.2, 0) is 0 Å². The summed E-state index contributed by atoms with van der Waals surface area (Å²) in [5.41, 5.74) is 4.34. The first-order valence-electron chi connectivity index (χ1n) is 9.18. The summed E-state index contributed by atoms with van der Waals surface area (Å²) in [6.07, 6.45) is 1.50. The molecular weight excluding hydrogens is 328 g/mol. The summed E-state index contributed by atoms with van der Waals surface area (Å²) in [6, 6.07) is 13.8. The van der Waals surface area contributed by atoms with Crippen LogP contribution < -0.4 is 11.1 Å². The van der Waals surface area contributed by atoms with Crippen LogP contribution in [0.2, 0.25) is 0 Å². The molecule has 0 spiro atoms. The first kappa shape index (κ1) is 17.1. The average Bonchev–Trinajstić information content (AvgIpc) is 3.40. The molecule has 1 fully saturated rings. The Bertz CT molecular complexity index is 951. The maximum Gasteiger partial charge on any atom is 0.417 e. The Balaban J connectivity index is 1.77. The van der Waals surface area contributed by atoms with Gasteiger partial charge >= 0.3 is 5.76 Å². The van der Waals surface area contributed by atoms with E-state index in [1.165, 1.54) is 5.56 Å². The number of aliphatic hydroxyl groups is 1. The van der Waals surface area contributed by atoms with Crippen LogP contribution in [0.25, 0.3) is 11.1 Å². The van der Waals surface area contributed by atoms with Gasteiger partial charge in [0, 0.05) is 5.56 Å². The van der Waals surface area contributed by atoms with Crippen LogP contribution in [-0.4, -0.2) is 16.3 Å². The van der Waals surface area contributed by atoms with Crippen molar-refractivity contribution in [3.8, 4) is 0 Å². The van der Waals surface area contributed by atoms with Crippen molar-refractivity contribution in [3.05, 3.63) is 69.7 Å². The normalized spacial score (nSPS) is 16.9. The lowest BCUT2D eigenvalue weighted by Crippen LogP contribution is -2.35. The van der Waals surface area contributed by atoms with E-state index in [-0.39, 0.29) is 6.04 Å². The summed E-state index contributed by atoms with van der Waals surface area (Å²) >= 11 is 0. The number of aliphatic hydroxyl groups excluding tert-OH is 1. The van der Waals surface area contributed by atoms with Gasteiger partial charge in [-0.3, -0.25) is 10.3 Å². The molecule has 0 bridgehead atoms. The fourth-order valence-corrected chi connectivity index (χ4v) is 3.38. The van der Waals surface area contributed by atoms with Crippen molar-refractivity contribution in [3.63, 3.8) is 0 Å². The fraction of sp³-hybridized carbons (Fsp3) is 0.381. The topological polar surface area (TPSA) is 78.3 Å². The van der Waals surface area contributed by atoms with Gasteiger partial charge in [0.25, 0.3) is 0 Å². The van der Waals surface area contributed by atoms with Crippen LogP contribution in [0.4, 0.5) is 0 Å². The zero-order valence-electron chi connectivity index (χ0n) is 15.0. The van der Waals surface area contributed by atoms with Crippen LogP contribution in [0.5, 0.6) is 0 Å². The highest BCUT2D eigenvalue weighted by Crippen LogP contribution is 2.35. The van der Waals surface area contributed by atoms with Crippen LogP contribution in [0.3, 0.4) is 0 Å². The smallest absolute Gasteiger partial charge is 0.407 e. The highest BCUT2D eigenvalue weighted by molar-refractivity contribution is 5.77. The van der Waals surface area contributed by atoms with Gasteiger partial charge in [0.2, 0.25) is 0 Å². The molecule has 3 N–H and O–H groups in total. The zero-order valence-corrected chi connectivity index (χ0v) is 15.0. The Labute approximate surface area is 152 Å². The largest absolute Gasteiger partial charge is 0.417 e. The molecule has 5 nitrogen and oxygen atoms in total. The molecule has 5 heteroatoms. The minimum absolute atomic E-state index is 0.255. The fourth-order valence-electron chi connectivity index (χ4n) is 3.38. The second kappa shape index (κ2) is 6.74. The number of oxazole rings is 1. The first-order chi connectivity index (χ1) is 12.5. The maximum atomic E-state index is 11.7. The molecule has 1 aromatic heterocycles. The van der Waals surface area contributed by atoms with Crippen molar-refractivity contribution in [1.29, 1.82) is 0 Å². The summed E-state index contributed by atoms with van der Waals surface area (Å²) < 4.78 is 5.39. The molecule has 0 saturated heterocycles. The lowest BCUT2D eigenvalue weighted by molar-refractivity contribution is 0.106. The minimum atomic E-state index is -0.578. The number of nitrogens with one attached hydrogen (secondary N) is 2. The van der Waals surface area contributed by atoms with Crippen molar-refractivity contribution in [2.45, 2.75) is 44.9 Å². The Kier molecular flexibility index (Phi) is 4.42. The molecular formula is C21H24N2O3. The number of rotatable bonds is 6. The average molecular weight is 352 g/mol. The summed E-state index contributed by atoms with van der Waals surface area (Å²) in [5.74, 6) is 0.285. The van der Waals surface area contributed by atoms with E-state index in [9.17, 15) is 9.90 Å². The van der Waals surface area contributed by atoms with Crippen LogP contribution in [0.15, 0.2) is 51.7 Å². The molecule has 26 heavy (non-hydrogen) atoms. The third-order valence-corrected chi connectivity index (χ3v) is 5.13. The predicted octanol–water partition coefficient (Wildman–Crippen LogP) is 3.65. The number of hydrogen-bond donors (Lipinski definition) is 3. The zero-order chi connectivity index (χ0) is 18.3. The molecule has 136 valence electrons. The molecule has 4 rings (SSSR count). The summed E-state index contributed by atoms with van der Waals surface area (Å²) in [4.78, 5) is 14.4. The van der Waals surface area contributed by atoms with Gasteiger partial charge in [0.05, 0.1) is 11.6 Å². The minimum Gasteiger partial charge on any atom is -0.407 e. The van der Waals surface area contributed by atoms with E-state index in [2.05, 4.69) is 48.4 Å². The van der Waals surface area contributed by atoms with E-state index < -0.39 is 12.0 Å². The van der Waals surface area contributed by atoms with Crippen molar-refractivity contribution < 1.29 is 9.52 Å². The van der Waals surface area contributed by atoms with Gasteiger partial charge in [-0.05, 0) is 41.9 Å². The molecule has 2 atom stereocenters. The SMILES string of the molecule is CC(C)c1ccc([C@@H](NC(O)C2CC2)c2cccc3[nH]c(=O)oc23)cc1. The monoisotopic (exact) mass is 352 g/mol. The molecule has 1 aliphatic rings. The second-order valence-electron chi connectivity index (χ2n) is 7.44. The molecule has 0 amide bonds. The van der Waals surface area contributed by atoms with Crippen LogP contribution >= 0.6 is 0 Å². The van der Waals surface area contributed by atoms with E-state index in [4.69, 9.17) is 4.42 Å². The molecule has 1 heterocycles. The number of H-pyrrole nitrogens is 1. The Morgan fingerprint density at radius 1 is 1.12 bits per heavy atom. The van der Waals surface area contributed by atoms with Gasteiger partial charge in [-0.15, -0.1) is 0 Å². The van der Waals surface area contributed by atoms with Crippen molar-refractivity contribution >= 4 is 11.1 Å². The van der Waals surface area contributed by atoms with Crippen molar-refractivity contribution in [1.82, 2.24) is 10.3 Å². The first-order valence-corrected chi connectivity index (χ1v) is 9.18. The van der Waals surface area contributed by atoms with Crippen molar-refractivity contribution in [2.75, 3.05) is 0 Å². The number of aromatic nitrogens is 1. The molecule has 0 radical (unpaired) electrons. The summed E-state index contributed by atoms with van der Waals surface area (Å²) in [7, 11) is 0. The third-order valence-electron chi connectivity index (χ3n) is 5.13. The Morgan fingerprint density at radius 3 is 2.46 bits per heavy atom. The third kappa shape index (κ3) is 3.32. The maximum absolute atomic E-state index is 11.7. The van der Waals surface area contributed by atoms with E-state index >= 15 is 0 Å². The van der Waals surface area contributed by atoms with E-state index in [1.807, 2.05) is 18.2 Å². The van der Waals surface area contributed by atoms with Gasteiger partial charge in [0.1, 0.15) is 6.23 Å². The van der Waals surface area contributed by atoms with Gasteiger partial charge in [0.15, 0.2) is 5.58 Å². The quantitative estimate of drug-likeness (QED) is 0.592. The highest BCUT2D eigenvalue weighted by Gasteiger charge is 2.32. The number of aromatic amines is 1. The number of para-hydroxylation sites is 1. The summed E-state index contributed by atoms with van der Waals surface area (Å²) in [5, 5.41) is 13.8. The van der Waals surface area contributed by atoms with Crippen LogP contribution in [0.1, 0.15) is 55.3 Å². The molecule has 3 aromatic rings. The Hall–Kier alpha value is -2.37. The molecule has 0 aliphatic heterocycles.